The van der Waals surface area contributed by atoms with Crippen molar-refractivity contribution in [3.8, 4) is 17.5 Å². The number of fused-ring (bicyclic) bond motifs is 1. The predicted octanol–water partition coefficient (Wildman–Crippen LogP) is 5.56. The highest BCUT2D eigenvalue weighted by Crippen LogP contribution is 2.65. The molecular weight excluding hydrogens is 462 g/mol. The maximum absolute atomic E-state index is 13.4. The number of rotatable bonds is 2. The third-order valence-electron chi connectivity index (χ3n) is 7.74. The zero-order valence-corrected chi connectivity index (χ0v) is 20.8. The topological polar surface area (TPSA) is 43.5 Å². The summed E-state index contributed by atoms with van der Waals surface area (Å²) in [6.45, 7) is 0. The quantitative estimate of drug-likeness (QED) is 0.215. The zero-order valence-electron chi connectivity index (χ0n) is 18.7. The van der Waals surface area contributed by atoms with E-state index in [1.54, 1.807) is 0 Å². The van der Waals surface area contributed by atoms with Crippen LogP contribution in [0.25, 0.3) is 11.8 Å². The second kappa shape index (κ2) is 7.83. The number of benzene rings is 2. The van der Waals surface area contributed by atoms with E-state index in [-0.39, 0.29) is 17.0 Å². The van der Waals surface area contributed by atoms with Gasteiger partial charge in [-0.25, -0.2) is 4.39 Å². The van der Waals surface area contributed by atoms with E-state index >= 15 is 0 Å². The first-order valence-electron chi connectivity index (χ1n) is 11.6. The molecular formula is C28H26FN2OPS. The van der Waals surface area contributed by atoms with E-state index in [1.165, 1.54) is 29.0 Å². The fourth-order valence-electron chi connectivity index (χ4n) is 5.69. The Morgan fingerprint density at radius 2 is 1.79 bits per heavy atom. The van der Waals surface area contributed by atoms with Crippen molar-refractivity contribution in [1.82, 2.24) is 4.57 Å². The first-order chi connectivity index (χ1) is 16.5. The summed E-state index contributed by atoms with van der Waals surface area (Å²) in [5.74, 6) is 6.77. The molecule has 2 saturated carbocycles. The molecule has 3 atom stereocenters. The van der Waals surface area contributed by atoms with Gasteiger partial charge in [-0.1, -0.05) is 38.5 Å². The highest BCUT2D eigenvalue weighted by atomic mass is 32.7. The van der Waals surface area contributed by atoms with Crippen LogP contribution in [0.3, 0.4) is 0 Å². The molecule has 1 aromatic heterocycles. The Morgan fingerprint density at radius 3 is 2.56 bits per heavy atom. The number of thiol groups is 1. The van der Waals surface area contributed by atoms with Gasteiger partial charge in [0.1, 0.15) is 11.4 Å². The van der Waals surface area contributed by atoms with E-state index in [1.807, 2.05) is 24.3 Å². The van der Waals surface area contributed by atoms with Gasteiger partial charge >= 0.3 is 0 Å². The lowest BCUT2D eigenvalue weighted by Gasteiger charge is -2.20. The average Bonchev–Trinajstić information content (AvgIpc) is 3.67. The molecule has 0 amide bonds. The predicted molar refractivity (Wildman–Crippen MR) is 140 cm³/mol. The molecule has 2 heterocycles. The van der Waals surface area contributed by atoms with Crippen molar-refractivity contribution in [3.63, 3.8) is 0 Å². The van der Waals surface area contributed by atoms with Crippen LogP contribution in [0.2, 0.25) is 0 Å². The zero-order chi connectivity index (χ0) is 23.6. The number of aromatic nitrogens is 1. The Hall–Kier alpha value is -2.35. The maximum Gasteiger partial charge on any atom is 0.163 e. The van der Waals surface area contributed by atoms with Crippen molar-refractivity contribution in [3.05, 3.63) is 94.6 Å². The highest BCUT2D eigenvalue weighted by Gasteiger charge is 2.75. The standard InChI is InChI=1S/C28H23FN2O.H3PS/c29-22-5-7-23(8-6-22)31-16-11-20-18-28-21(17-25(20)31)10-13-27(28,32-28)12-9-19-3-1-2-4-24(19)26(30)14-15-26;1-2/h1-8,11,16-17H,10,13-15,18,30H2;2H,1H2. The van der Waals surface area contributed by atoms with E-state index < -0.39 is 5.60 Å². The largest absolute Gasteiger partial charge is 0.344 e. The third kappa shape index (κ3) is 3.24. The SMILES string of the molecule is NC1(c2ccccc2C#CC23CCC4=Cc5c(ccn5-c5ccc(F)cc5)CC42O3)CC1.PS. The smallest absolute Gasteiger partial charge is 0.163 e. The fourth-order valence-corrected chi connectivity index (χ4v) is 5.69. The molecule has 3 aliphatic carbocycles. The van der Waals surface area contributed by atoms with Crippen LogP contribution in [0.5, 0.6) is 0 Å². The Kier molecular flexibility index (Phi) is 5.10. The van der Waals surface area contributed by atoms with Crippen molar-refractivity contribution >= 4 is 26.8 Å². The van der Waals surface area contributed by atoms with Crippen LogP contribution in [-0.4, -0.2) is 15.8 Å². The van der Waals surface area contributed by atoms with Gasteiger partial charge in [-0.15, -0.1) is 0 Å². The van der Waals surface area contributed by atoms with E-state index in [0.717, 1.165) is 48.9 Å². The number of hydrogen-bond acceptors (Lipinski definition) is 3. The molecule has 3 nitrogen and oxygen atoms in total. The summed E-state index contributed by atoms with van der Waals surface area (Å²) in [5.41, 5.74) is 12.5. The van der Waals surface area contributed by atoms with Crippen LogP contribution < -0.4 is 5.73 Å². The van der Waals surface area contributed by atoms with Crippen LogP contribution in [-0.2, 0) is 16.7 Å². The molecule has 0 radical (unpaired) electrons. The second-order valence-electron chi connectivity index (χ2n) is 9.63. The molecule has 172 valence electrons. The minimum absolute atomic E-state index is 0.200. The van der Waals surface area contributed by atoms with Crippen LogP contribution in [0, 0.1) is 17.7 Å². The van der Waals surface area contributed by atoms with Crippen molar-refractivity contribution < 1.29 is 9.13 Å². The molecule has 34 heavy (non-hydrogen) atoms. The Labute approximate surface area is 206 Å². The Balaban J connectivity index is 0.00000106. The summed E-state index contributed by atoms with van der Waals surface area (Å²) in [5, 5.41) is 0. The molecule has 0 bridgehead atoms. The normalized spacial score (nSPS) is 26.5. The minimum Gasteiger partial charge on any atom is -0.344 e. The maximum atomic E-state index is 13.4. The molecule has 2 aromatic carbocycles. The first-order valence-corrected chi connectivity index (χ1v) is 13.6. The minimum atomic E-state index is -0.396. The lowest BCUT2D eigenvalue weighted by molar-refractivity contribution is 0.271. The summed E-state index contributed by atoms with van der Waals surface area (Å²) in [6, 6.07) is 17.1. The molecule has 1 spiro atoms. The number of halogens is 1. The molecule has 1 aliphatic heterocycles. The molecule has 4 aliphatic rings. The number of ether oxygens (including phenoxy) is 1. The third-order valence-corrected chi connectivity index (χ3v) is 7.74. The lowest BCUT2D eigenvalue weighted by Crippen LogP contribution is -2.26. The monoisotopic (exact) mass is 488 g/mol. The van der Waals surface area contributed by atoms with Crippen LogP contribution >= 0.6 is 20.7 Å². The van der Waals surface area contributed by atoms with Gasteiger partial charge in [0, 0.05) is 35.1 Å². The van der Waals surface area contributed by atoms with E-state index in [0.29, 0.717) is 0 Å². The molecule has 1 saturated heterocycles. The molecule has 3 unspecified atom stereocenters. The van der Waals surface area contributed by atoms with Crippen molar-refractivity contribution in [2.75, 3.05) is 0 Å². The number of hydrogen-bond donors (Lipinski definition) is 2. The van der Waals surface area contributed by atoms with Gasteiger partial charge in [0.15, 0.2) is 5.60 Å². The number of nitrogens with zero attached hydrogens (tertiary/aromatic N) is 1. The summed E-state index contributed by atoms with van der Waals surface area (Å²) in [4.78, 5) is 0. The van der Waals surface area contributed by atoms with Gasteiger partial charge < -0.3 is 15.0 Å². The Morgan fingerprint density at radius 1 is 1.03 bits per heavy atom. The second-order valence-corrected chi connectivity index (χ2v) is 9.63. The molecule has 3 aromatic rings. The van der Waals surface area contributed by atoms with E-state index in [4.69, 9.17) is 10.5 Å². The van der Waals surface area contributed by atoms with Crippen molar-refractivity contribution in [2.45, 2.75) is 48.8 Å². The van der Waals surface area contributed by atoms with Gasteiger partial charge in [0.2, 0.25) is 0 Å². The summed E-state index contributed by atoms with van der Waals surface area (Å²) in [6.07, 6.45) is 9.13. The van der Waals surface area contributed by atoms with Gasteiger partial charge in [-0.2, -0.15) is 12.2 Å². The van der Waals surface area contributed by atoms with Crippen LogP contribution in [0.1, 0.15) is 48.1 Å². The fraction of sp³-hybridized carbons (Fsp3) is 0.286. The van der Waals surface area contributed by atoms with Crippen molar-refractivity contribution in [2.24, 2.45) is 5.73 Å². The molecule has 6 heteroatoms. The Bertz CT molecular complexity index is 1380. The van der Waals surface area contributed by atoms with Gasteiger partial charge in [-0.3, -0.25) is 0 Å². The molecule has 7 rings (SSSR count). The summed E-state index contributed by atoms with van der Waals surface area (Å²) >= 11 is 3.44. The molecule has 2 N–H and O–H groups in total. The summed E-state index contributed by atoms with van der Waals surface area (Å²) in [7, 11) is 2.11. The number of epoxide rings is 1. The van der Waals surface area contributed by atoms with Gasteiger partial charge in [0.25, 0.3) is 0 Å². The first kappa shape index (κ1) is 22.1. The van der Waals surface area contributed by atoms with Gasteiger partial charge in [-0.05, 0) is 84.9 Å². The van der Waals surface area contributed by atoms with E-state index in [2.05, 4.69) is 67.6 Å². The highest BCUT2D eigenvalue weighted by molar-refractivity contribution is 8.31. The lowest BCUT2D eigenvalue weighted by atomic mass is 9.83. The average molecular weight is 489 g/mol. The molecule has 3 fully saturated rings. The summed E-state index contributed by atoms with van der Waals surface area (Å²) < 4.78 is 22.0. The van der Waals surface area contributed by atoms with Gasteiger partial charge in [0.05, 0.1) is 0 Å². The van der Waals surface area contributed by atoms with E-state index in [9.17, 15) is 4.39 Å². The number of nitrogens with two attached hydrogens (primary N) is 1. The van der Waals surface area contributed by atoms with Crippen LogP contribution in [0.15, 0.2) is 66.4 Å². The van der Waals surface area contributed by atoms with Crippen LogP contribution in [0.4, 0.5) is 4.39 Å². The van der Waals surface area contributed by atoms with Crippen molar-refractivity contribution in [1.29, 1.82) is 0 Å².